The van der Waals surface area contributed by atoms with Gasteiger partial charge in [-0.15, -0.1) is 0 Å². The van der Waals surface area contributed by atoms with Gasteiger partial charge in [0.1, 0.15) is 5.78 Å². The molecule has 0 aliphatic carbocycles. The van der Waals surface area contributed by atoms with E-state index in [9.17, 15) is 9.59 Å². The van der Waals surface area contributed by atoms with Crippen molar-refractivity contribution in [2.24, 2.45) is 0 Å². The lowest BCUT2D eigenvalue weighted by atomic mass is 10.0. The summed E-state index contributed by atoms with van der Waals surface area (Å²) in [5.74, 6) is 0.463. The molecule has 0 aromatic heterocycles. The molecule has 3 nitrogen and oxygen atoms in total. The molecule has 1 heterocycles. The molecule has 1 aliphatic heterocycles. The predicted molar refractivity (Wildman–Crippen MR) is 75.4 cm³/mol. The van der Waals surface area contributed by atoms with Crippen LogP contribution in [0.25, 0.3) is 0 Å². The second kappa shape index (κ2) is 6.62. The van der Waals surface area contributed by atoms with Crippen molar-refractivity contribution < 1.29 is 9.59 Å². The molecule has 1 fully saturated rings. The van der Waals surface area contributed by atoms with Crippen LogP contribution < -0.4 is 0 Å². The maximum atomic E-state index is 12.1. The number of piperidine rings is 1. The number of carbonyl (C=O) groups excluding carboxylic acids is 2. The first-order valence-electron chi connectivity index (χ1n) is 7.05. The highest BCUT2D eigenvalue weighted by Gasteiger charge is 2.18. The Hall–Kier alpha value is -1.48. The summed E-state index contributed by atoms with van der Waals surface area (Å²) >= 11 is 0. The number of hydrogen-bond acceptors (Lipinski definition) is 3. The molecule has 2 rings (SSSR count). The summed E-state index contributed by atoms with van der Waals surface area (Å²) in [7, 11) is 0. The fraction of sp³-hybridized carbons (Fsp3) is 0.500. The van der Waals surface area contributed by atoms with E-state index in [1.165, 1.54) is 5.56 Å². The van der Waals surface area contributed by atoms with Gasteiger partial charge in [0.25, 0.3) is 0 Å². The van der Waals surface area contributed by atoms with Gasteiger partial charge in [-0.2, -0.15) is 0 Å². The third kappa shape index (κ3) is 4.00. The molecule has 1 aromatic carbocycles. The van der Waals surface area contributed by atoms with Gasteiger partial charge < -0.3 is 0 Å². The van der Waals surface area contributed by atoms with Crippen molar-refractivity contribution in [3.05, 3.63) is 35.4 Å². The van der Waals surface area contributed by atoms with Gasteiger partial charge in [-0.25, -0.2) is 0 Å². The fourth-order valence-electron chi connectivity index (χ4n) is 2.40. The first-order chi connectivity index (χ1) is 9.19. The van der Waals surface area contributed by atoms with Crippen LogP contribution in [0.3, 0.4) is 0 Å². The van der Waals surface area contributed by atoms with E-state index in [1.807, 2.05) is 24.3 Å². The van der Waals surface area contributed by atoms with Crippen LogP contribution in [0.2, 0.25) is 0 Å². The van der Waals surface area contributed by atoms with Crippen molar-refractivity contribution in [1.82, 2.24) is 4.90 Å². The van der Waals surface area contributed by atoms with Crippen molar-refractivity contribution in [2.75, 3.05) is 19.6 Å². The van der Waals surface area contributed by atoms with Gasteiger partial charge in [0.2, 0.25) is 0 Å². The third-order valence-electron chi connectivity index (χ3n) is 3.60. The van der Waals surface area contributed by atoms with Crippen molar-refractivity contribution in [3.63, 3.8) is 0 Å². The lowest BCUT2D eigenvalue weighted by Gasteiger charge is -2.24. The van der Waals surface area contributed by atoms with Crippen LogP contribution in [-0.4, -0.2) is 36.1 Å². The Morgan fingerprint density at radius 1 is 1.16 bits per heavy atom. The minimum absolute atomic E-state index is 0.150. The van der Waals surface area contributed by atoms with Crippen LogP contribution in [0.1, 0.15) is 42.1 Å². The standard InChI is InChI=1S/C16H21NO2/c1-2-3-13-4-6-14(7-5-13)16(19)12-17-10-8-15(18)9-11-17/h4-7H,2-3,8-12H2,1H3. The summed E-state index contributed by atoms with van der Waals surface area (Å²) in [6.07, 6.45) is 3.35. The molecule has 0 saturated carbocycles. The lowest BCUT2D eigenvalue weighted by molar-refractivity contribution is -0.121. The lowest BCUT2D eigenvalue weighted by Crippen LogP contribution is -2.37. The van der Waals surface area contributed by atoms with Crippen LogP contribution in [0, 0.1) is 0 Å². The summed E-state index contributed by atoms with van der Waals surface area (Å²) in [4.78, 5) is 25.4. The van der Waals surface area contributed by atoms with E-state index in [0.29, 0.717) is 25.2 Å². The molecule has 0 amide bonds. The minimum atomic E-state index is 0.150. The molecule has 0 spiro atoms. The summed E-state index contributed by atoms with van der Waals surface area (Å²) in [6, 6.07) is 7.91. The van der Waals surface area contributed by atoms with Gasteiger partial charge in [0.15, 0.2) is 5.78 Å². The average Bonchev–Trinajstić information content (AvgIpc) is 2.42. The highest BCUT2D eigenvalue weighted by molar-refractivity contribution is 5.97. The second-order valence-corrected chi connectivity index (χ2v) is 5.18. The van der Waals surface area contributed by atoms with Crippen molar-refractivity contribution >= 4 is 11.6 Å². The Morgan fingerprint density at radius 3 is 2.37 bits per heavy atom. The van der Waals surface area contributed by atoms with Crippen molar-refractivity contribution in [2.45, 2.75) is 32.6 Å². The molecule has 1 aromatic rings. The number of ketones is 2. The number of rotatable bonds is 5. The highest BCUT2D eigenvalue weighted by Crippen LogP contribution is 2.10. The summed E-state index contributed by atoms with van der Waals surface area (Å²) in [5.41, 5.74) is 2.05. The molecule has 0 bridgehead atoms. The van der Waals surface area contributed by atoms with E-state index >= 15 is 0 Å². The van der Waals surface area contributed by atoms with Crippen LogP contribution in [0.15, 0.2) is 24.3 Å². The smallest absolute Gasteiger partial charge is 0.176 e. The Kier molecular flexibility index (Phi) is 4.86. The molecule has 3 heteroatoms. The Bertz CT molecular complexity index is 440. The number of likely N-dealkylation sites (tertiary alicyclic amines) is 1. The van der Waals surface area contributed by atoms with Gasteiger partial charge in [-0.3, -0.25) is 14.5 Å². The third-order valence-corrected chi connectivity index (χ3v) is 3.60. The number of Topliss-reactive ketones (excluding diaryl/α,β-unsaturated/α-hetero) is 2. The molecule has 0 unspecified atom stereocenters. The van der Waals surface area contributed by atoms with Gasteiger partial charge in [0, 0.05) is 31.5 Å². The van der Waals surface area contributed by atoms with E-state index in [-0.39, 0.29) is 5.78 Å². The van der Waals surface area contributed by atoms with E-state index in [4.69, 9.17) is 0 Å². The van der Waals surface area contributed by atoms with Crippen LogP contribution in [0.4, 0.5) is 0 Å². The topological polar surface area (TPSA) is 37.4 Å². The Morgan fingerprint density at radius 2 is 1.79 bits per heavy atom. The second-order valence-electron chi connectivity index (χ2n) is 5.18. The molecule has 0 radical (unpaired) electrons. The monoisotopic (exact) mass is 259 g/mol. The zero-order valence-corrected chi connectivity index (χ0v) is 11.5. The maximum absolute atomic E-state index is 12.1. The first-order valence-corrected chi connectivity index (χ1v) is 7.05. The molecule has 102 valence electrons. The number of aryl methyl sites for hydroxylation is 1. The molecule has 1 aliphatic rings. The predicted octanol–water partition coefficient (Wildman–Crippen LogP) is 2.49. The fourth-order valence-corrected chi connectivity index (χ4v) is 2.40. The van der Waals surface area contributed by atoms with Gasteiger partial charge >= 0.3 is 0 Å². The first kappa shape index (κ1) is 13.9. The van der Waals surface area contributed by atoms with E-state index in [1.54, 1.807) is 0 Å². The number of carbonyl (C=O) groups is 2. The van der Waals surface area contributed by atoms with Crippen molar-refractivity contribution in [3.8, 4) is 0 Å². The van der Waals surface area contributed by atoms with E-state index in [0.717, 1.165) is 31.5 Å². The number of hydrogen-bond donors (Lipinski definition) is 0. The zero-order valence-electron chi connectivity index (χ0n) is 11.5. The number of nitrogens with zero attached hydrogens (tertiary/aromatic N) is 1. The summed E-state index contributed by atoms with van der Waals surface area (Å²) in [5, 5.41) is 0. The largest absolute Gasteiger partial charge is 0.300 e. The molecule has 1 saturated heterocycles. The van der Waals surface area contributed by atoms with Crippen LogP contribution in [0.5, 0.6) is 0 Å². The van der Waals surface area contributed by atoms with Crippen molar-refractivity contribution in [1.29, 1.82) is 0 Å². The molecule has 0 N–H and O–H groups in total. The van der Waals surface area contributed by atoms with E-state index in [2.05, 4.69) is 11.8 Å². The summed E-state index contributed by atoms with van der Waals surface area (Å²) in [6.45, 7) is 4.02. The normalized spacial score (nSPS) is 16.6. The quantitative estimate of drug-likeness (QED) is 0.762. The molecular formula is C16H21NO2. The Labute approximate surface area is 114 Å². The molecule has 19 heavy (non-hydrogen) atoms. The van der Waals surface area contributed by atoms with Gasteiger partial charge in [0.05, 0.1) is 6.54 Å². The average molecular weight is 259 g/mol. The molecule has 0 atom stereocenters. The minimum Gasteiger partial charge on any atom is -0.300 e. The van der Waals surface area contributed by atoms with Gasteiger partial charge in [-0.05, 0) is 12.0 Å². The summed E-state index contributed by atoms with van der Waals surface area (Å²) < 4.78 is 0. The van der Waals surface area contributed by atoms with E-state index < -0.39 is 0 Å². The SMILES string of the molecule is CCCc1ccc(C(=O)CN2CCC(=O)CC2)cc1. The number of benzene rings is 1. The Balaban J connectivity index is 1.90. The molecular weight excluding hydrogens is 238 g/mol. The zero-order chi connectivity index (χ0) is 13.7. The highest BCUT2D eigenvalue weighted by atomic mass is 16.1. The van der Waals surface area contributed by atoms with Gasteiger partial charge in [-0.1, -0.05) is 37.6 Å². The maximum Gasteiger partial charge on any atom is 0.176 e. The van der Waals surface area contributed by atoms with Crippen LogP contribution in [-0.2, 0) is 11.2 Å². The van der Waals surface area contributed by atoms with Crippen LogP contribution >= 0.6 is 0 Å².